The first-order valence-electron chi connectivity index (χ1n) is 9.34. The van der Waals surface area contributed by atoms with Crippen molar-refractivity contribution in [3.63, 3.8) is 0 Å². The van der Waals surface area contributed by atoms with E-state index in [0.29, 0.717) is 23.4 Å². The van der Waals surface area contributed by atoms with Crippen LogP contribution in [0.5, 0.6) is 0 Å². The number of fused-ring (bicyclic) bond motifs is 1. The number of carbonyl (C=O) groups is 1. The minimum atomic E-state index is -3.94. The summed E-state index contributed by atoms with van der Waals surface area (Å²) in [5, 5.41) is -0.748. The largest absolute Gasteiger partial charge is 0.449 e. The Bertz CT molecular complexity index is 1020. The Kier molecular flexibility index (Phi) is 8.55. The second-order valence-corrected chi connectivity index (χ2v) is 13.7. The molecule has 30 heavy (non-hydrogen) atoms. The molecule has 2 rings (SSSR count). The van der Waals surface area contributed by atoms with Gasteiger partial charge in [0.25, 0.3) is 0 Å². The van der Waals surface area contributed by atoms with Crippen molar-refractivity contribution in [2.75, 3.05) is 31.7 Å². The van der Waals surface area contributed by atoms with E-state index in [9.17, 15) is 21.6 Å². The molecule has 1 unspecified atom stereocenters. The van der Waals surface area contributed by atoms with E-state index in [4.69, 9.17) is 4.74 Å². The zero-order valence-electron chi connectivity index (χ0n) is 17.3. The number of rotatable bonds is 8. The van der Waals surface area contributed by atoms with E-state index in [2.05, 4.69) is 27.3 Å². The molecule has 1 aliphatic rings. The van der Waals surface area contributed by atoms with Crippen molar-refractivity contribution >= 4 is 66.2 Å². The molecule has 0 radical (unpaired) electrons. The number of thiophene rings is 1. The summed E-state index contributed by atoms with van der Waals surface area (Å²) in [5.74, 6) is 0. The molecule has 1 aliphatic heterocycles. The summed E-state index contributed by atoms with van der Waals surface area (Å²) < 4.78 is 61.0. The Labute approximate surface area is 195 Å². The summed E-state index contributed by atoms with van der Waals surface area (Å²) in [6.07, 6.45) is 1.64. The van der Waals surface area contributed by atoms with E-state index in [1.807, 2.05) is 0 Å². The molecule has 0 spiro atoms. The molecule has 1 amide bonds. The van der Waals surface area contributed by atoms with Crippen molar-refractivity contribution in [3.8, 4) is 0 Å². The fraction of sp³-hybridized carbons (Fsp3) is 0.647. The van der Waals surface area contributed by atoms with Crippen LogP contribution in [-0.2, 0) is 24.6 Å². The first kappa shape index (κ1) is 25.3. The minimum absolute atomic E-state index is 0.00464. The highest BCUT2D eigenvalue weighted by Gasteiger charge is 2.43. The van der Waals surface area contributed by atoms with E-state index in [0.717, 1.165) is 10.8 Å². The molecule has 13 heteroatoms. The monoisotopic (exact) mass is 592 g/mol. The van der Waals surface area contributed by atoms with Crippen molar-refractivity contribution in [2.45, 2.75) is 46.4 Å². The predicted molar refractivity (Wildman–Crippen MR) is 124 cm³/mol. The molecule has 170 valence electrons. The van der Waals surface area contributed by atoms with Crippen molar-refractivity contribution in [3.05, 3.63) is 11.6 Å². The normalized spacial score (nSPS) is 20.2. The first-order valence-corrected chi connectivity index (χ1v) is 14.7. The van der Waals surface area contributed by atoms with Crippen molar-refractivity contribution in [1.82, 2.24) is 9.62 Å². The summed E-state index contributed by atoms with van der Waals surface area (Å²) in [4.78, 5) is 14.1. The van der Waals surface area contributed by atoms with Crippen LogP contribution in [-0.4, -0.2) is 75.7 Å². The average molecular weight is 593 g/mol. The molecule has 1 aromatic rings. The number of alkyl halides is 1. The maximum atomic E-state index is 12.9. The second kappa shape index (κ2) is 10.1. The van der Waals surface area contributed by atoms with Gasteiger partial charge in [-0.1, -0.05) is 22.6 Å². The highest BCUT2D eigenvalue weighted by atomic mass is 127. The van der Waals surface area contributed by atoms with Gasteiger partial charge >= 0.3 is 16.1 Å². The molecule has 0 saturated heterocycles. The number of halogens is 1. The number of nitrogens with one attached hydrogen (secondary N) is 1. The van der Waals surface area contributed by atoms with Gasteiger partial charge in [0.15, 0.2) is 14.0 Å². The lowest BCUT2D eigenvalue weighted by molar-refractivity contribution is -0.460. The molecule has 0 aliphatic carbocycles. The summed E-state index contributed by atoms with van der Waals surface area (Å²) in [7, 11) is -4.31. The molecule has 9 nitrogen and oxygen atoms in total. The third kappa shape index (κ3) is 5.46. The van der Waals surface area contributed by atoms with Crippen LogP contribution >= 0.6 is 33.9 Å². The third-order valence-electron chi connectivity index (χ3n) is 4.59. The SMILES string of the molecule is CCN(C(=O)OCCCI)[C@H]1CC(C)S(=O)(=O)c2sc(S(=O)(=O)NC=[N+](C)C)cc21. The number of hydrogen-bond acceptors (Lipinski definition) is 7. The summed E-state index contributed by atoms with van der Waals surface area (Å²) in [6.45, 7) is 3.95. The minimum Gasteiger partial charge on any atom is -0.449 e. The van der Waals surface area contributed by atoms with E-state index in [1.54, 1.807) is 27.9 Å². The molecule has 2 heterocycles. The molecule has 0 fully saturated rings. The molecule has 0 saturated carbocycles. The van der Waals surface area contributed by atoms with Gasteiger partial charge < -0.3 is 9.64 Å². The van der Waals surface area contributed by atoms with Crippen molar-refractivity contribution in [1.29, 1.82) is 0 Å². The molecular formula is C17H27IN3O6S3+. The predicted octanol–water partition coefficient (Wildman–Crippen LogP) is 2.22. The third-order valence-corrected chi connectivity index (χ3v) is 11.0. The average Bonchev–Trinajstić information content (AvgIpc) is 3.13. The van der Waals surface area contributed by atoms with Gasteiger partial charge in [-0.05, 0) is 32.8 Å². The number of hydrogen-bond donors (Lipinski definition) is 1. The van der Waals surface area contributed by atoms with Gasteiger partial charge in [0.2, 0.25) is 6.34 Å². The topological polar surface area (TPSA) is 113 Å². The zero-order valence-corrected chi connectivity index (χ0v) is 21.9. The quantitative estimate of drug-likeness (QED) is 0.124. The Hall–Kier alpha value is -0.930. The number of sulfone groups is 1. The molecule has 0 bridgehead atoms. The van der Waals surface area contributed by atoms with Crippen LogP contribution in [0, 0.1) is 0 Å². The number of nitrogens with zero attached hydrogens (tertiary/aromatic N) is 2. The van der Waals surface area contributed by atoms with Gasteiger partial charge in [-0.25, -0.2) is 13.2 Å². The maximum absolute atomic E-state index is 12.9. The molecule has 1 N–H and O–H groups in total. The molecule has 2 atom stereocenters. The highest BCUT2D eigenvalue weighted by molar-refractivity contribution is 14.1. The van der Waals surface area contributed by atoms with Crippen LogP contribution in [0.4, 0.5) is 4.79 Å². The second-order valence-electron chi connectivity index (χ2n) is 7.07. The highest BCUT2D eigenvalue weighted by Crippen LogP contribution is 2.45. The lowest BCUT2D eigenvalue weighted by atomic mass is 10.0. The zero-order chi connectivity index (χ0) is 22.7. The van der Waals surface area contributed by atoms with Crippen LogP contribution in [0.25, 0.3) is 0 Å². The smallest absolute Gasteiger partial charge is 0.410 e. The van der Waals surface area contributed by atoms with Crippen LogP contribution in [0.1, 0.15) is 38.3 Å². The number of amides is 1. The Morgan fingerprint density at radius 2 is 2.13 bits per heavy atom. The molecule has 0 aromatic carbocycles. The first-order chi connectivity index (χ1) is 14.0. The van der Waals surface area contributed by atoms with E-state index >= 15 is 0 Å². The fourth-order valence-corrected chi connectivity index (χ4v) is 8.29. The van der Waals surface area contributed by atoms with E-state index in [-0.39, 0.29) is 21.4 Å². The van der Waals surface area contributed by atoms with E-state index < -0.39 is 37.2 Å². The van der Waals surface area contributed by atoms with Crippen LogP contribution in [0.15, 0.2) is 14.5 Å². The summed E-state index contributed by atoms with van der Waals surface area (Å²) >= 11 is 2.91. The van der Waals surface area contributed by atoms with Gasteiger partial charge in [0, 0.05) is 16.5 Å². The Morgan fingerprint density at radius 1 is 1.47 bits per heavy atom. The van der Waals surface area contributed by atoms with Crippen molar-refractivity contribution < 1.29 is 30.9 Å². The lowest BCUT2D eigenvalue weighted by Crippen LogP contribution is -2.40. The number of ether oxygens (including phenoxy) is 1. The molecular weight excluding hydrogens is 565 g/mol. The Morgan fingerprint density at radius 3 is 2.70 bits per heavy atom. The number of sulfonamides is 1. The van der Waals surface area contributed by atoms with Crippen LogP contribution in [0.3, 0.4) is 0 Å². The van der Waals surface area contributed by atoms with Gasteiger partial charge in [0.1, 0.15) is 4.21 Å². The van der Waals surface area contributed by atoms with Crippen LogP contribution in [0.2, 0.25) is 0 Å². The number of carbonyl (C=O) groups excluding carboxylic acids is 1. The van der Waals surface area contributed by atoms with Gasteiger partial charge in [-0.2, -0.15) is 13.1 Å². The molecule has 1 aromatic heterocycles. The summed E-state index contributed by atoms with van der Waals surface area (Å²) in [5.41, 5.74) is 0.330. The van der Waals surface area contributed by atoms with Gasteiger partial charge in [-0.3, -0.25) is 4.58 Å². The van der Waals surface area contributed by atoms with Crippen molar-refractivity contribution in [2.24, 2.45) is 0 Å². The van der Waals surface area contributed by atoms with E-state index in [1.165, 1.54) is 21.9 Å². The fourth-order valence-electron chi connectivity index (χ4n) is 3.01. The standard InChI is InChI=1S/C17H26IN3O6S3/c1-5-21(17(22)27-8-6-7-18)14-9-12(2)29(23,24)16-13(14)10-15(28-16)30(25,26)19-11-20(3)4/h10-12,14H,5-9H2,1-4H3/p+1/t12?,14-/m0/s1. The maximum Gasteiger partial charge on any atom is 0.410 e. The lowest BCUT2D eigenvalue weighted by Gasteiger charge is -2.35. The Balaban J connectivity index is 2.49. The van der Waals surface area contributed by atoms with Crippen LogP contribution < -0.4 is 4.72 Å². The van der Waals surface area contributed by atoms with Gasteiger partial charge in [0.05, 0.1) is 32.0 Å². The summed E-state index contributed by atoms with van der Waals surface area (Å²) in [6, 6.07) is 0.786. The van der Waals surface area contributed by atoms with Gasteiger partial charge in [-0.15, -0.1) is 11.3 Å².